The van der Waals surface area contributed by atoms with Gasteiger partial charge in [-0.2, -0.15) is 0 Å². The summed E-state index contributed by atoms with van der Waals surface area (Å²) < 4.78 is 0. The molecule has 1 atom stereocenters. The van der Waals surface area contributed by atoms with Crippen molar-refractivity contribution in [2.24, 2.45) is 10.9 Å². The van der Waals surface area contributed by atoms with Gasteiger partial charge in [0.2, 0.25) is 5.91 Å². The van der Waals surface area contributed by atoms with E-state index in [9.17, 15) is 4.79 Å². The normalized spacial score (nSPS) is 22.8. The molecule has 0 aromatic carbocycles. The van der Waals surface area contributed by atoms with Gasteiger partial charge in [-0.3, -0.25) is 9.79 Å². The predicted molar refractivity (Wildman–Crippen MR) is 113 cm³/mol. The first-order valence-corrected chi connectivity index (χ1v) is 11.1. The van der Waals surface area contributed by atoms with Gasteiger partial charge in [0.15, 0.2) is 5.96 Å². The van der Waals surface area contributed by atoms with Gasteiger partial charge in [-0.25, -0.2) is 0 Å². The number of likely N-dealkylation sites (tertiary alicyclic amines) is 2. The molecule has 2 heterocycles. The van der Waals surface area contributed by atoms with Crippen molar-refractivity contribution in [1.29, 1.82) is 0 Å². The molecule has 0 radical (unpaired) electrons. The lowest BCUT2D eigenvalue weighted by atomic mass is 9.97. The van der Waals surface area contributed by atoms with E-state index in [2.05, 4.69) is 36.3 Å². The van der Waals surface area contributed by atoms with Gasteiger partial charge in [-0.15, -0.1) is 0 Å². The van der Waals surface area contributed by atoms with Crippen LogP contribution in [0.1, 0.15) is 65.7 Å². The van der Waals surface area contributed by atoms with Crippen LogP contribution in [0, 0.1) is 5.92 Å². The van der Waals surface area contributed by atoms with E-state index in [1.165, 1.54) is 25.8 Å². The van der Waals surface area contributed by atoms with Crippen LogP contribution in [0.25, 0.3) is 0 Å². The molecule has 1 unspecified atom stereocenters. The zero-order valence-corrected chi connectivity index (χ0v) is 17.8. The number of carbonyl (C=O) groups is 1. The van der Waals surface area contributed by atoms with Crippen molar-refractivity contribution in [1.82, 2.24) is 20.4 Å². The highest BCUT2D eigenvalue weighted by atomic mass is 16.2. The first kappa shape index (κ1) is 22.0. The summed E-state index contributed by atoms with van der Waals surface area (Å²) in [6.07, 6.45) is 7.66. The zero-order valence-electron chi connectivity index (χ0n) is 17.8. The molecule has 2 N–H and O–H groups in total. The van der Waals surface area contributed by atoms with Crippen LogP contribution in [0.15, 0.2) is 4.99 Å². The Bertz CT molecular complexity index is 465. The van der Waals surface area contributed by atoms with Crippen LogP contribution in [0.5, 0.6) is 0 Å². The van der Waals surface area contributed by atoms with Crippen LogP contribution in [0.4, 0.5) is 0 Å². The molecule has 0 bridgehead atoms. The fraction of sp³-hybridized carbons (Fsp3) is 0.905. The van der Waals surface area contributed by atoms with Gasteiger partial charge in [0.05, 0.1) is 0 Å². The summed E-state index contributed by atoms with van der Waals surface area (Å²) in [5.74, 6) is 1.91. The lowest BCUT2D eigenvalue weighted by molar-refractivity contribution is -0.130. The molecular weight excluding hydrogens is 338 g/mol. The average Bonchev–Trinajstić information content (AvgIpc) is 2.87. The van der Waals surface area contributed by atoms with Crippen LogP contribution < -0.4 is 10.6 Å². The fourth-order valence-corrected chi connectivity index (χ4v) is 4.03. The molecule has 6 heteroatoms. The molecule has 0 aromatic heterocycles. The van der Waals surface area contributed by atoms with Gasteiger partial charge in [0.25, 0.3) is 0 Å². The molecule has 0 aromatic rings. The van der Waals surface area contributed by atoms with E-state index in [0.717, 1.165) is 70.9 Å². The van der Waals surface area contributed by atoms with Crippen molar-refractivity contribution in [3.8, 4) is 0 Å². The van der Waals surface area contributed by atoms with Crippen molar-refractivity contribution >= 4 is 11.9 Å². The molecule has 2 saturated heterocycles. The number of aliphatic imine (C=N–C) groups is 1. The first-order chi connectivity index (χ1) is 13.1. The Balaban J connectivity index is 1.72. The largest absolute Gasteiger partial charge is 0.357 e. The number of rotatable bonds is 8. The summed E-state index contributed by atoms with van der Waals surface area (Å²) >= 11 is 0. The maximum atomic E-state index is 12.1. The van der Waals surface area contributed by atoms with E-state index in [4.69, 9.17) is 4.99 Å². The third-order valence-corrected chi connectivity index (χ3v) is 5.70. The second kappa shape index (κ2) is 12.2. The zero-order chi connectivity index (χ0) is 19.5. The van der Waals surface area contributed by atoms with Crippen molar-refractivity contribution in [3.05, 3.63) is 0 Å². The minimum absolute atomic E-state index is 0.333. The highest BCUT2D eigenvalue weighted by Gasteiger charge is 2.21. The van der Waals surface area contributed by atoms with Crippen LogP contribution in [-0.2, 0) is 4.79 Å². The van der Waals surface area contributed by atoms with E-state index in [-0.39, 0.29) is 0 Å². The highest BCUT2D eigenvalue weighted by Crippen LogP contribution is 2.18. The van der Waals surface area contributed by atoms with Gasteiger partial charge < -0.3 is 20.4 Å². The van der Waals surface area contributed by atoms with E-state index in [1.807, 2.05) is 4.90 Å². The van der Waals surface area contributed by atoms with E-state index in [1.54, 1.807) is 0 Å². The molecule has 2 rings (SSSR count). The molecule has 2 aliphatic heterocycles. The third-order valence-electron chi connectivity index (χ3n) is 5.70. The standard InChI is InChI=1S/C21H41N5O/c1-4-22-21(24-16-19-10-8-14-26(17-19)18(2)3)23-12-9-15-25-13-7-5-6-11-20(25)27/h18-19H,4-17H2,1-3H3,(H2,22,23,24). The highest BCUT2D eigenvalue weighted by molar-refractivity contribution is 5.79. The Morgan fingerprint density at radius 2 is 2.04 bits per heavy atom. The summed E-state index contributed by atoms with van der Waals surface area (Å²) in [6.45, 7) is 13.5. The third kappa shape index (κ3) is 8.08. The van der Waals surface area contributed by atoms with E-state index < -0.39 is 0 Å². The molecule has 6 nitrogen and oxygen atoms in total. The predicted octanol–water partition coefficient (Wildman–Crippen LogP) is 2.45. The van der Waals surface area contributed by atoms with E-state index in [0.29, 0.717) is 17.9 Å². The fourth-order valence-electron chi connectivity index (χ4n) is 4.03. The molecule has 2 fully saturated rings. The van der Waals surface area contributed by atoms with Crippen molar-refractivity contribution in [2.75, 3.05) is 45.8 Å². The van der Waals surface area contributed by atoms with Crippen molar-refractivity contribution < 1.29 is 4.79 Å². The van der Waals surface area contributed by atoms with Crippen LogP contribution in [-0.4, -0.2) is 73.5 Å². The number of hydrogen-bond acceptors (Lipinski definition) is 3. The van der Waals surface area contributed by atoms with Crippen LogP contribution in [0.2, 0.25) is 0 Å². The Morgan fingerprint density at radius 1 is 1.19 bits per heavy atom. The topological polar surface area (TPSA) is 60.0 Å². The lowest BCUT2D eigenvalue weighted by Gasteiger charge is -2.34. The average molecular weight is 380 g/mol. The second-order valence-electron chi connectivity index (χ2n) is 8.29. The van der Waals surface area contributed by atoms with Crippen LogP contribution >= 0.6 is 0 Å². The molecule has 1 amide bonds. The molecule has 0 saturated carbocycles. The number of piperidine rings is 1. The maximum Gasteiger partial charge on any atom is 0.222 e. The Labute approximate surface area is 166 Å². The molecular formula is C21H41N5O. The first-order valence-electron chi connectivity index (χ1n) is 11.1. The summed E-state index contributed by atoms with van der Waals surface area (Å²) in [5, 5.41) is 6.81. The Morgan fingerprint density at radius 3 is 2.81 bits per heavy atom. The van der Waals surface area contributed by atoms with E-state index >= 15 is 0 Å². The van der Waals surface area contributed by atoms with Crippen molar-refractivity contribution in [3.63, 3.8) is 0 Å². The van der Waals surface area contributed by atoms with Gasteiger partial charge in [0, 0.05) is 51.7 Å². The number of amides is 1. The minimum Gasteiger partial charge on any atom is -0.357 e. The number of nitrogens with one attached hydrogen (secondary N) is 2. The van der Waals surface area contributed by atoms with Gasteiger partial charge in [-0.1, -0.05) is 6.42 Å². The summed E-state index contributed by atoms with van der Waals surface area (Å²) in [4.78, 5) is 21.5. The number of nitrogens with zero attached hydrogens (tertiary/aromatic N) is 3. The molecule has 0 spiro atoms. The number of carbonyl (C=O) groups excluding carboxylic acids is 1. The monoisotopic (exact) mass is 379 g/mol. The lowest BCUT2D eigenvalue weighted by Crippen LogP contribution is -2.42. The maximum absolute atomic E-state index is 12.1. The quantitative estimate of drug-likeness (QED) is 0.386. The molecule has 2 aliphatic rings. The van der Waals surface area contributed by atoms with Crippen LogP contribution in [0.3, 0.4) is 0 Å². The van der Waals surface area contributed by atoms with Gasteiger partial charge in [-0.05, 0) is 65.3 Å². The summed E-state index contributed by atoms with van der Waals surface area (Å²) in [5.41, 5.74) is 0. The van der Waals surface area contributed by atoms with Crippen molar-refractivity contribution in [2.45, 2.75) is 71.8 Å². The van der Waals surface area contributed by atoms with Gasteiger partial charge in [0.1, 0.15) is 0 Å². The summed E-state index contributed by atoms with van der Waals surface area (Å²) in [6, 6.07) is 0.629. The smallest absolute Gasteiger partial charge is 0.222 e. The molecule has 0 aliphatic carbocycles. The molecule has 156 valence electrons. The number of hydrogen-bond donors (Lipinski definition) is 2. The summed E-state index contributed by atoms with van der Waals surface area (Å²) in [7, 11) is 0. The Hall–Kier alpha value is -1.30. The van der Waals surface area contributed by atoms with Gasteiger partial charge >= 0.3 is 0 Å². The second-order valence-corrected chi connectivity index (χ2v) is 8.29. The minimum atomic E-state index is 0.333. The molecule has 27 heavy (non-hydrogen) atoms. The SMILES string of the molecule is CCNC(=NCC1CCCN(C(C)C)C1)NCCCN1CCCCCC1=O. The number of guanidine groups is 1. The Kier molecular flexibility index (Phi) is 9.95.